The second-order valence-corrected chi connectivity index (χ2v) is 4.07. The molecule has 0 radical (unpaired) electrons. The lowest BCUT2D eigenvalue weighted by Gasteiger charge is -2.01. The van der Waals surface area contributed by atoms with Crippen LogP contribution in [0.4, 0.5) is 0 Å². The lowest BCUT2D eigenvalue weighted by atomic mass is 10.2. The second kappa shape index (κ2) is 6.55. The van der Waals surface area contributed by atoms with E-state index in [4.69, 9.17) is 9.47 Å². The average Bonchev–Trinajstić information content (AvgIpc) is 2.92. The van der Waals surface area contributed by atoms with Gasteiger partial charge in [0.05, 0.1) is 6.21 Å². The third-order valence-electron chi connectivity index (χ3n) is 2.52. The number of fused-ring (bicyclic) bond motifs is 1. The molecule has 0 aliphatic carbocycles. The van der Waals surface area contributed by atoms with Crippen molar-refractivity contribution >= 4 is 18.0 Å². The topological polar surface area (TPSA) is 89.0 Å². The third-order valence-corrected chi connectivity index (χ3v) is 2.52. The minimum absolute atomic E-state index is 0.199. The number of benzene rings is 1. The van der Waals surface area contributed by atoms with Crippen LogP contribution in [-0.2, 0) is 9.59 Å². The molecule has 1 aromatic rings. The van der Waals surface area contributed by atoms with Crippen LogP contribution in [0.2, 0.25) is 0 Å². The van der Waals surface area contributed by atoms with Gasteiger partial charge in [-0.3, -0.25) is 9.59 Å². The molecule has 2 N–H and O–H groups in total. The Kier molecular flexibility index (Phi) is 4.54. The maximum absolute atomic E-state index is 11.3. The number of carbonyl (C=O) groups excluding carboxylic acids is 2. The van der Waals surface area contributed by atoms with E-state index < -0.39 is 11.8 Å². The molecule has 0 bridgehead atoms. The summed E-state index contributed by atoms with van der Waals surface area (Å²) in [6.45, 7) is 2.55. The van der Waals surface area contributed by atoms with Crippen molar-refractivity contribution in [2.75, 3.05) is 13.3 Å². The van der Waals surface area contributed by atoms with Crippen molar-refractivity contribution in [2.45, 2.75) is 13.3 Å². The van der Waals surface area contributed by atoms with Crippen LogP contribution in [0.3, 0.4) is 0 Å². The normalized spacial score (nSPS) is 12.4. The number of ether oxygens (including phenoxy) is 2. The molecule has 20 heavy (non-hydrogen) atoms. The summed E-state index contributed by atoms with van der Waals surface area (Å²) >= 11 is 0. The summed E-state index contributed by atoms with van der Waals surface area (Å²) in [5.74, 6) is -0.198. The van der Waals surface area contributed by atoms with Crippen LogP contribution in [-0.4, -0.2) is 31.4 Å². The van der Waals surface area contributed by atoms with Crippen molar-refractivity contribution in [3.8, 4) is 11.5 Å². The molecule has 0 spiro atoms. The lowest BCUT2D eigenvalue weighted by Crippen LogP contribution is -2.38. The summed E-state index contributed by atoms with van der Waals surface area (Å²) in [4.78, 5) is 22.6. The molecule has 0 atom stereocenters. The molecule has 0 aromatic heterocycles. The number of rotatable bonds is 4. The number of nitrogens with one attached hydrogen (secondary N) is 2. The smallest absolute Gasteiger partial charge is 0.329 e. The number of nitrogens with zero attached hydrogens (tertiary/aromatic N) is 1. The molecular weight excluding hydrogens is 262 g/mol. The van der Waals surface area contributed by atoms with Crippen molar-refractivity contribution in [1.29, 1.82) is 0 Å². The van der Waals surface area contributed by atoms with E-state index in [9.17, 15) is 9.59 Å². The predicted molar refractivity (Wildman–Crippen MR) is 71.6 cm³/mol. The number of carbonyl (C=O) groups is 2. The Morgan fingerprint density at radius 2 is 2.10 bits per heavy atom. The van der Waals surface area contributed by atoms with Crippen LogP contribution in [0.5, 0.6) is 11.5 Å². The highest BCUT2D eigenvalue weighted by atomic mass is 16.7. The summed E-state index contributed by atoms with van der Waals surface area (Å²) in [5, 5.41) is 6.17. The van der Waals surface area contributed by atoms with Crippen LogP contribution in [0.1, 0.15) is 18.9 Å². The number of hydrazone groups is 1. The Labute approximate surface area is 115 Å². The highest BCUT2D eigenvalue weighted by Crippen LogP contribution is 2.31. The SMILES string of the molecule is CCCNC(=O)C(=O)NN=Cc1ccc2c(c1)OCO2. The molecule has 1 aliphatic heterocycles. The van der Waals surface area contributed by atoms with Crippen LogP contribution in [0.25, 0.3) is 0 Å². The van der Waals surface area contributed by atoms with Crippen molar-refractivity contribution in [3.05, 3.63) is 23.8 Å². The largest absolute Gasteiger partial charge is 0.454 e. The fourth-order valence-corrected chi connectivity index (χ4v) is 1.53. The van der Waals surface area contributed by atoms with Crippen molar-refractivity contribution in [2.24, 2.45) is 5.10 Å². The summed E-state index contributed by atoms with van der Waals surface area (Å²) in [6, 6.07) is 5.24. The molecular formula is C13H15N3O4. The molecule has 7 nitrogen and oxygen atoms in total. The average molecular weight is 277 g/mol. The standard InChI is InChI=1S/C13H15N3O4/c1-2-5-14-12(17)13(18)16-15-7-9-3-4-10-11(6-9)20-8-19-10/h3-4,6-7H,2,5,8H2,1H3,(H,14,17)(H,16,18). The zero-order chi connectivity index (χ0) is 14.4. The first-order chi connectivity index (χ1) is 9.70. The third kappa shape index (κ3) is 3.47. The first-order valence-corrected chi connectivity index (χ1v) is 6.21. The number of hydrogen-bond donors (Lipinski definition) is 2. The van der Waals surface area contributed by atoms with Crippen molar-refractivity contribution in [1.82, 2.24) is 10.7 Å². The summed E-state index contributed by atoms with van der Waals surface area (Å²) in [6.07, 6.45) is 2.19. The van der Waals surface area contributed by atoms with E-state index in [1.807, 2.05) is 6.92 Å². The van der Waals surface area contributed by atoms with Gasteiger partial charge in [-0.25, -0.2) is 5.43 Å². The fraction of sp³-hybridized carbons (Fsp3) is 0.308. The van der Waals surface area contributed by atoms with Gasteiger partial charge >= 0.3 is 11.8 Å². The van der Waals surface area contributed by atoms with Gasteiger partial charge in [0.15, 0.2) is 11.5 Å². The van der Waals surface area contributed by atoms with Gasteiger partial charge < -0.3 is 14.8 Å². The van der Waals surface area contributed by atoms with Crippen LogP contribution in [0, 0.1) is 0 Å². The summed E-state index contributed by atoms with van der Waals surface area (Å²) in [7, 11) is 0. The van der Waals surface area contributed by atoms with E-state index in [0.29, 0.717) is 18.0 Å². The number of amides is 2. The molecule has 2 rings (SSSR count). The van der Waals surface area contributed by atoms with Gasteiger partial charge in [-0.15, -0.1) is 0 Å². The minimum Gasteiger partial charge on any atom is -0.454 e. The van der Waals surface area contributed by atoms with Gasteiger partial charge in [0, 0.05) is 6.54 Å². The second-order valence-electron chi connectivity index (χ2n) is 4.07. The van der Waals surface area contributed by atoms with Gasteiger partial charge in [0.2, 0.25) is 6.79 Å². The highest BCUT2D eigenvalue weighted by molar-refractivity contribution is 6.35. The molecule has 0 saturated heterocycles. The molecule has 2 amide bonds. The molecule has 106 valence electrons. The fourth-order valence-electron chi connectivity index (χ4n) is 1.53. The van der Waals surface area contributed by atoms with Gasteiger partial charge in [0.25, 0.3) is 0 Å². The number of hydrogen-bond acceptors (Lipinski definition) is 5. The first-order valence-electron chi connectivity index (χ1n) is 6.21. The van der Waals surface area contributed by atoms with Crippen LogP contribution < -0.4 is 20.2 Å². The first kappa shape index (κ1) is 13.9. The maximum Gasteiger partial charge on any atom is 0.329 e. The Morgan fingerprint density at radius 1 is 1.30 bits per heavy atom. The summed E-state index contributed by atoms with van der Waals surface area (Å²) in [5.41, 5.74) is 2.88. The zero-order valence-corrected chi connectivity index (χ0v) is 11.0. The maximum atomic E-state index is 11.3. The van der Waals surface area contributed by atoms with E-state index >= 15 is 0 Å². The Morgan fingerprint density at radius 3 is 2.90 bits per heavy atom. The van der Waals surface area contributed by atoms with Crippen LogP contribution >= 0.6 is 0 Å². The van der Waals surface area contributed by atoms with E-state index in [-0.39, 0.29) is 6.79 Å². The molecule has 7 heteroatoms. The van der Waals surface area contributed by atoms with Crippen molar-refractivity contribution < 1.29 is 19.1 Å². The van der Waals surface area contributed by atoms with Gasteiger partial charge in [-0.2, -0.15) is 5.10 Å². The molecule has 0 fully saturated rings. The predicted octanol–water partition coefficient (Wildman–Crippen LogP) is 0.392. The van der Waals surface area contributed by atoms with E-state index in [1.54, 1.807) is 18.2 Å². The van der Waals surface area contributed by atoms with E-state index in [0.717, 1.165) is 12.0 Å². The molecule has 1 aliphatic rings. The highest BCUT2D eigenvalue weighted by Gasteiger charge is 2.13. The lowest BCUT2D eigenvalue weighted by molar-refractivity contribution is -0.139. The van der Waals surface area contributed by atoms with Crippen molar-refractivity contribution in [3.63, 3.8) is 0 Å². The Balaban J connectivity index is 1.87. The zero-order valence-electron chi connectivity index (χ0n) is 11.0. The van der Waals surface area contributed by atoms with Gasteiger partial charge in [-0.05, 0) is 30.2 Å². The minimum atomic E-state index is -0.796. The molecule has 1 aromatic carbocycles. The van der Waals surface area contributed by atoms with E-state index in [1.165, 1.54) is 6.21 Å². The summed E-state index contributed by atoms with van der Waals surface area (Å²) < 4.78 is 10.4. The van der Waals surface area contributed by atoms with Gasteiger partial charge in [-0.1, -0.05) is 6.92 Å². The Hall–Kier alpha value is -2.57. The van der Waals surface area contributed by atoms with E-state index in [2.05, 4.69) is 15.8 Å². The van der Waals surface area contributed by atoms with Gasteiger partial charge in [0.1, 0.15) is 0 Å². The molecule has 1 heterocycles. The molecule has 0 saturated carbocycles. The Bertz CT molecular complexity index is 542. The van der Waals surface area contributed by atoms with Crippen LogP contribution in [0.15, 0.2) is 23.3 Å². The molecule has 0 unspecified atom stereocenters. The quantitative estimate of drug-likeness (QED) is 0.473. The monoisotopic (exact) mass is 277 g/mol.